The maximum Gasteiger partial charge on any atom is 0.313 e. The summed E-state index contributed by atoms with van der Waals surface area (Å²) in [5, 5.41) is 0. The Kier molecular flexibility index (Phi) is 4.02. The highest BCUT2D eigenvalue weighted by molar-refractivity contribution is 5.79. The number of carbonyl (C=O) groups excluding carboxylic acids is 1. The summed E-state index contributed by atoms with van der Waals surface area (Å²) in [4.78, 5) is 12.0. The van der Waals surface area contributed by atoms with E-state index in [0.717, 1.165) is 24.2 Å². The van der Waals surface area contributed by atoms with Gasteiger partial charge in [0.15, 0.2) is 0 Å². The van der Waals surface area contributed by atoms with E-state index >= 15 is 0 Å². The Morgan fingerprint density at radius 2 is 2.29 bits per heavy atom. The monoisotopic (exact) mass is 234 g/mol. The number of fused-ring (bicyclic) bond motifs is 1. The van der Waals surface area contributed by atoms with Crippen LogP contribution < -0.4 is 4.74 Å². The van der Waals surface area contributed by atoms with Gasteiger partial charge in [0.2, 0.25) is 0 Å². The second-order valence-electron chi connectivity index (χ2n) is 4.25. The Balaban J connectivity index is 2.05. The normalized spacial score (nSPS) is 18.1. The number of benzene rings is 1. The van der Waals surface area contributed by atoms with E-state index in [2.05, 4.69) is 6.92 Å². The molecule has 1 heterocycles. The van der Waals surface area contributed by atoms with Crippen molar-refractivity contribution in [3.05, 3.63) is 29.8 Å². The molecular formula is C14H18O3. The molecule has 92 valence electrons. The van der Waals surface area contributed by atoms with Gasteiger partial charge in [0.25, 0.3) is 0 Å². The summed E-state index contributed by atoms with van der Waals surface area (Å²) in [6.45, 7) is 3.19. The van der Waals surface area contributed by atoms with Crippen molar-refractivity contribution in [1.82, 2.24) is 0 Å². The van der Waals surface area contributed by atoms with Gasteiger partial charge in [-0.1, -0.05) is 31.5 Å². The third-order valence-corrected chi connectivity index (χ3v) is 2.99. The molecule has 0 saturated heterocycles. The molecule has 0 radical (unpaired) electrons. The van der Waals surface area contributed by atoms with Crippen LogP contribution in [0.25, 0.3) is 0 Å². The molecule has 0 bridgehead atoms. The van der Waals surface area contributed by atoms with Crippen molar-refractivity contribution >= 4 is 5.97 Å². The Labute approximate surface area is 102 Å². The van der Waals surface area contributed by atoms with Crippen LogP contribution in [0.15, 0.2) is 24.3 Å². The fourth-order valence-corrected chi connectivity index (χ4v) is 2.00. The van der Waals surface area contributed by atoms with Gasteiger partial charge in [-0.25, -0.2) is 0 Å². The van der Waals surface area contributed by atoms with Crippen molar-refractivity contribution in [2.45, 2.75) is 32.1 Å². The average molecular weight is 234 g/mol. The zero-order valence-electron chi connectivity index (χ0n) is 10.1. The summed E-state index contributed by atoms with van der Waals surface area (Å²) in [5.41, 5.74) is 0.959. The van der Waals surface area contributed by atoms with E-state index in [9.17, 15) is 4.79 Å². The lowest BCUT2D eigenvalue weighted by Gasteiger charge is -2.24. The smallest absolute Gasteiger partial charge is 0.313 e. The van der Waals surface area contributed by atoms with Crippen molar-refractivity contribution < 1.29 is 14.3 Å². The molecule has 3 nitrogen and oxygen atoms in total. The highest BCUT2D eigenvalue weighted by Gasteiger charge is 2.28. The van der Waals surface area contributed by atoms with E-state index < -0.39 is 0 Å². The van der Waals surface area contributed by atoms with Gasteiger partial charge in [0.05, 0.1) is 19.1 Å². The fraction of sp³-hybridized carbons (Fsp3) is 0.500. The summed E-state index contributed by atoms with van der Waals surface area (Å²) in [6, 6.07) is 7.70. The number of hydrogen-bond acceptors (Lipinski definition) is 3. The predicted molar refractivity (Wildman–Crippen MR) is 65.2 cm³/mol. The molecule has 1 aliphatic rings. The number of rotatable bonds is 4. The number of unbranched alkanes of at least 4 members (excludes halogenated alkanes) is 1. The summed E-state index contributed by atoms with van der Waals surface area (Å²) in [7, 11) is 0. The van der Waals surface area contributed by atoms with Crippen LogP contribution in [0.5, 0.6) is 5.75 Å². The maximum atomic E-state index is 12.0. The first-order valence-electron chi connectivity index (χ1n) is 6.21. The van der Waals surface area contributed by atoms with Crippen molar-refractivity contribution in [2.24, 2.45) is 0 Å². The Morgan fingerprint density at radius 1 is 1.47 bits per heavy atom. The van der Waals surface area contributed by atoms with E-state index in [1.807, 2.05) is 24.3 Å². The van der Waals surface area contributed by atoms with Crippen molar-refractivity contribution in [3.63, 3.8) is 0 Å². The third-order valence-electron chi connectivity index (χ3n) is 2.99. The number of para-hydroxylation sites is 1. The quantitative estimate of drug-likeness (QED) is 0.593. The van der Waals surface area contributed by atoms with E-state index in [-0.39, 0.29) is 11.9 Å². The molecule has 0 amide bonds. The van der Waals surface area contributed by atoms with Gasteiger partial charge >= 0.3 is 5.97 Å². The van der Waals surface area contributed by atoms with E-state index in [4.69, 9.17) is 9.47 Å². The summed E-state index contributed by atoms with van der Waals surface area (Å²) >= 11 is 0. The Morgan fingerprint density at radius 3 is 3.12 bits per heavy atom. The fourth-order valence-electron chi connectivity index (χ4n) is 2.00. The third kappa shape index (κ3) is 2.78. The van der Waals surface area contributed by atoms with Crippen LogP contribution in [0.4, 0.5) is 0 Å². The second kappa shape index (κ2) is 5.71. The van der Waals surface area contributed by atoms with Gasteiger partial charge in [0, 0.05) is 5.56 Å². The van der Waals surface area contributed by atoms with Crippen LogP contribution in [0, 0.1) is 0 Å². The van der Waals surface area contributed by atoms with E-state index in [1.165, 1.54) is 0 Å². The number of esters is 1. The zero-order chi connectivity index (χ0) is 12.1. The molecule has 1 aromatic rings. The highest BCUT2D eigenvalue weighted by Crippen LogP contribution is 2.34. The lowest BCUT2D eigenvalue weighted by molar-refractivity contribution is -0.146. The largest absolute Gasteiger partial charge is 0.493 e. The predicted octanol–water partition coefficient (Wildman–Crippen LogP) is 2.90. The Bertz CT molecular complexity index is 387. The van der Waals surface area contributed by atoms with E-state index in [0.29, 0.717) is 19.6 Å². The summed E-state index contributed by atoms with van der Waals surface area (Å²) < 4.78 is 10.8. The summed E-state index contributed by atoms with van der Waals surface area (Å²) in [5.74, 6) is 0.544. The molecule has 3 heteroatoms. The van der Waals surface area contributed by atoms with Crippen LogP contribution in [-0.4, -0.2) is 19.2 Å². The number of ether oxygens (including phenoxy) is 2. The van der Waals surface area contributed by atoms with Crippen molar-refractivity contribution in [1.29, 1.82) is 0 Å². The zero-order valence-corrected chi connectivity index (χ0v) is 10.1. The molecule has 1 unspecified atom stereocenters. The van der Waals surface area contributed by atoms with Crippen molar-refractivity contribution in [2.75, 3.05) is 13.2 Å². The van der Waals surface area contributed by atoms with Crippen LogP contribution in [-0.2, 0) is 9.53 Å². The lowest BCUT2D eigenvalue weighted by atomic mass is 9.93. The van der Waals surface area contributed by atoms with Crippen molar-refractivity contribution in [3.8, 4) is 5.75 Å². The summed E-state index contributed by atoms with van der Waals surface area (Å²) in [6.07, 6.45) is 2.68. The molecule has 2 rings (SSSR count). The average Bonchev–Trinajstić information content (AvgIpc) is 2.38. The molecule has 0 fully saturated rings. The molecule has 17 heavy (non-hydrogen) atoms. The molecule has 0 aliphatic carbocycles. The van der Waals surface area contributed by atoms with Gasteiger partial charge in [-0.15, -0.1) is 0 Å². The molecular weight excluding hydrogens is 216 g/mol. The van der Waals surface area contributed by atoms with Crippen LogP contribution in [0.3, 0.4) is 0 Å². The Hall–Kier alpha value is -1.51. The molecule has 1 atom stereocenters. The molecule has 0 aromatic heterocycles. The topological polar surface area (TPSA) is 35.5 Å². The van der Waals surface area contributed by atoms with Crippen LogP contribution in [0.1, 0.15) is 37.7 Å². The number of carbonyl (C=O) groups is 1. The molecule has 0 saturated carbocycles. The lowest BCUT2D eigenvalue weighted by Crippen LogP contribution is -2.23. The first-order valence-corrected chi connectivity index (χ1v) is 6.21. The molecule has 1 aliphatic heterocycles. The minimum Gasteiger partial charge on any atom is -0.493 e. The van der Waals surface area contributed by atoms with Gasteiger partial charge < -0.3 is 9.47 Å². The minimum absolute atomic E-state index is 0.116. The highest BCUT2D eigenvalue weighted by atomic mass is 16.5. The molecule has 0 N–H and O–H groups in total. The maximum absolute atomic E-state index is 12.0. The van der Waals surface area contributed by atoms with E-state index in [1.54, 1.807) is 0 Å². The van der Waals surface area contributed by atoms with Crippen LogP contribution >= 0.6 is 0 Å². The second-order valence-corrected chi connectivity index (χ2v) is 4.25. The van der Waals surface area contributed by atoms with Crippen LogP contribution in [0.2, 0.25) is 0 Å². The standard InChI is InChI=1S/C14H18O3/c1-2-3-9-17-14(15)12-8-10-16-13-7-5-4-6-11(12)13/h4-7,12H,2-3,8-10H2,1H3. The molecule has 1 aromatic carbocycles. The number of hydrogen-bond donors (Lipinski definition) is 0. The first-order chi connectivity index (χ1) is 8.33. The van der Waals surface area contributed by atoms with Gasteiger partial charge in [0.1, 0.15) is 5.75 Å². The SMILES string of the molecule is CCCCOC(=O)C1CCOc2ccccc21. The minimum atomic E-state index is -0.156. The van der Waals surface area contributed by atoms with Gasteiger partial charge in [-0.05, 0) is 18.9 Å². The van der Waals surface area contributed by atoms with Gasteiger partial charge in [-0.3, -0.25) is 4.79 Å². The first kappa shape index (κ1) is 12.0. The molecule has 0 spiro atoms. The van der Waals surface area contributed by atoms with Gasteiger partial charge in [-0.2, -0.15) is 0 Å².